The molecule has 0 heterocycles. The Labute approximate surface area is 110 Å². The zero-order chi connectivity index (χ0) is 12.9. The Morgan fingerprint density at radius 3 is 2.35 bits per heavy atom. The Morgan fingerprint density at radius 1 is 1.06 bits per heavy atom. The summed E-state index contributed by atoms with van der Waals surface area (Å²) < 4.78 is 0. The molecule has 17 heavy (non-hydrogen) atoms. The minimum atomic E-state index is -0.859. The number of unbranched alkanes of at least 4 members (excludes halogenated alkanes) is 3. The van der Waals surface area contributed by atoms with Crippen molar-refractivity contribution in [2.24, 2.45) is 5.73 Å². The van der Waals surface area contributed by atoms with E-state index in [9.17, 15) is 9.59 Å². The molecule has 1 amide bonds. The van der Waals surface area contributed by atoms with E-state index in [-0.39, 0.29) is 11.7 Å². The normalized spacial score (nSPS) is 10.2. The minimum absolute atomic E-state index is 0.0248. The van der Waals surface area contributed by atoms with E-state index >= 15 is 0 Å². The largest absolute Gasteiger partial charge is 0.481 e. The third-order valence-corrected chi connectivity index (χ3v) is 4.03. The molecule has 0 fully saturated rings. The van der Waals surface area contributed by atoms with Gasteiger partial charge in [-0.15, -0.1) is 0 Å². The van der Waals surface area contributed by atoms with Crippen molar-refractivity contribution < 1.29 is 14.7 Å². The number of hydrogen-bond donors (Lipinski definition) is 3. The second kappa shape index (κ2) is 12.1. The third kappa shape index (κ3) is 13.5. The Hall–Kier alpha value is -0.400. The summed E-state index contributed by atoms with van der Waals surface area (Å²) in [6.45, 7) is 1.41. The molecule has 0 aliphatic carbocycles. The van der Waals surface area contributed by atoms with Crippen molar-refractivity contribution in [3.05, 3.63) is 0 Å². The number of carbonyl (C=O) groups is 2. The number of carboxylic acids is 1. The first-order valence-corrected chi connectivity index (χ1v) is 8.08. The van der Waals surface area contributed by atoms with Gasteiger partial charge in [-0.1, -0.05) is 34.4 Å². The second-order valence-corrected chi connectivity index (χ2v) is 5.93. The molecule has 0 rings (SSSR count). The summed E-state index contributed by atoms with van der Waals surface area (Å²) in [6.07, 6.45) is 4.20. The molecule has 0 aromatic heterocycles. The molecule has 0 aliphatic rings. The highest BCUT2D eigenvalue weighted by Gasteiger charge is 2.02. The van der Waals surface area contributed by atoms with Crippen molar-refractivity contribution in [1.82, 2.24) is 5.32 Å². The molecule has 0 bridgehead atoms. The van der Waals surface area contributed by atoms with Gasteiger partial charge in [-0.25, -0.2) is 0 Å². The molecule has 0 atom stereocenters. The van der Waals surface area contributed by atoms with Crippen LogP contribution in [0.25, 0.3) is 0 Å². The number of rotatable bonds is 11. The van der Waals surface area contributed by atoms with Crippen molar-refractivity contribution in [2.45, 2.75) is 25.7 Å². The van der Waals surface area contributed by atoms with Crippen LogP contribution in [0.1, 0.15) is 25.7 Å². The van der Waals surface area contributed by atoms with Gasteiger partial charge in [0.05, 0.1) is 5.75 Å². The number of nitrogens with one attached hydrogen (secondary N) is 1. The molecule has 0 saturated heterocycles. The highest BCUT2D eigenvalue weighted by molar-refractivity contribution is 8.77. The van der Waals surface area contributed by atoms with E-state index in [1.54, 1.807) is 0 Å². The topological polar surface area (TPSA) is 92.4 Å². The van der Waals surface area contributed by atoms with Gasteiger partial charge in [0.1, 0.15) is 5.75 Å². The van der Waals surface area contributed by atoms with Gasteiger partial charge in [0.25, 0.3) is 0 Å². The van der Waals surface area contributed by atoms with Crippen LogP contribution in [-0.4, -0.2) is 41.6 Å². The predicted octanol–water partition coefficient (Wildman–Crippen LogP) is 1.09. The van der Waals surface area contributed by atoms with Crippen molar-refractivity contribution in [3.63, 3.8) is 0 Å². The fourth-order valence-corrected chi connectivity index (χ4v) is 2.69. The average Bonchev–Trinajstić information content (AvgIpc) is 2.29. The second-order valence-electron chi connectivity index (χ2n) is 3.47. The van der Waals surface area contributed by atoms with E-state index in [0.717, 1.165) is 32.2 Å². The number of carboxylic acid groups (broad SMARTS) is 1. The zero-order valence-corrected chi connectivity index (χ0v) is 11.4. The maximum atomic E-state index is 11.3. The molecule has 0 saturated carbocycles. The third-order valence-electron chi connectivity index (χ3n) is 1.91. The van der Waals surface area contributed by atoms with Crippen LogP contribution in [0, 0.1) is 0 Å². The number of carbonyl (C=O) groups excluding carboxylic acids is 1. The highest BCUT2D eigenvalue weighted by Crippen LogP contribution is 2.19. The predicted molar refractivity (Wildman–Crippen MR) is 73.1 cm³/mol. The fraction of sp³-hybridized carbons (Fsp3) is 0.800. The molecule has 100 valence electrons. The van der Waals surface area contributed by atoms with E-state index < -0.39 is 5.97 Å². The van der Waals surface area contributed by atoms with Crippen LogP contribution in [0.15, 0.2) is 0 Å². The van der Waals surface area contributed by atoms with Gasteiger partial charge >= 0.3 is 5.97 Å². The van der Waals surface area contributed by atoms with E-state index in [0.29, 0.717) is 12.3 Å². The van der Waals surface area contributed by atoms with E-state index in [2.05, 4.69) is 5.32 Å². The van der Waals surface area contributed by atoms with E-state index in [1.807, 2.05) is 0 Å². The Balaban J connectivity index is 3.20. The van der Waals surface area contributed by atoms with Crippen LogP contribution in [0.3, 0.4) is 0 Å². The summed E-state index contributed by atoms with van der Waals surface area (Å²) in [4.78, 5) is 21.5. The Morgan fingerprint density at radius 2 is 1.71 bits per heavy atom. The molecule has 0 aromatic rings. The van der Waals surface area contributed by atoms with Crippen molar-refractivity contribution in [1.29, 1.82) is 0 Å². The molecule has 0 aromatic carbocycles. The molecule has 0 radical (unpaired) electrons. The lowest BCUT2D eigenvalue weighted by Gasteiger charge is -2.04. The molecular weight excluding hydrogens is 260 g/mol. The van der Waals surface area contributed by atoms with Crippen LogP contribution in [0.4, 0.5) is 0 Å². The van der Waals surface area contributed by atoms with Crippen molar-refractivity contribution in [2.75, 3.05) is 24.6 Å². The van der Waals surface area contributed by atoms with E-state index in [4.69, 9.17) is 10.8 Å². The van der Waals surface area contributed by atoms with Crippen LogP contribution in [-0.2, 0) is 9.59 Å². The molecule has 7 heteroatoms. The maximum absolute atomic E-state index is 11.3. The SMILES string of the molecule is NCCCCCCNC(=O)CSSCC(=O)O. The first-order chi connectivity index (χ1) is 8.16. The molecule has 0 aliphatic heterocycles. The van der Waals surface area contributed by atoms with E-state index in [1.165, 1.54) is 21.6 Å². The minimum Gasteiger partial charge on any atom is -0.481 e. The standard InChI is InChI=1S/C10H20N2O3S2/c11-5-3-1-2-4-6-12-9(13)7-16-17-8-10(14)15/h1-8,11H2,(H,12,13)(H,14,15). The van der Waals surface area contributed by atoms with Gasteiger partial charge in [0.15, 0.2) is 0 Å². The fourth-order valence-electron chi connectivity index (χ4n) is 1.09. The quantitative estimate of drug-likeness (QED) is 0.387. The number of nitrogens with two attached hydrogens (primary N) is 1. The summed E-state index contributed by atoms with van der Waals surface area (Å²) in [5.41, 5.74) is 5.36. The van der Waals surface area contributed by atoms with Gasteiger partial charge in [0.2, 0.25) is 5.91 Å². The summed E-state index contributed by atoms with van der Waals surface area (Å²) in [5.74, 6) is -0.563. The summed E-state index contributed by atoms with van der Waals surface area (Å²) in [5, 5.41) is 11.2. The number of aliphatic carboxylic acids is 1. The summed E-state index contributed by atoms with van der Waals surface area (Å²) >= 11 is 0. The molecule has 4 N–H and O–H groups in total. The van der Waals surface area contributed by atoms with Crippen molar-refractivity contribution >= 4 is 33.5 Å². The smallest absolute Gasteiger partial charge is 0.314 e. The zero-order valence-electron chi connectivity index (χ0n) is 9.81. The number of amides is 1. The lowest BCUT2D eigenvalue weighted by atomic mass is 10.2. The Bertz CT molecular complexity index is 228. The molecule has 0 spiro atoms. The van der Waals surface area contributed by atoms with Crippen LogP contribution < -0.4 is 11.1 Å². The first kappa shape index (κ1) is 16.6. The van der Waals surface area contributed by atoms with Crippen LogP contribution >= 0.6 is 21.6 Å². The van der Waals surface area contributed by atoms with Gasteiger partial charge in [0, 0.05) is 6.54 Å². The lowest BCUT2D eigenvalue weighted by molar-refractivity contribution is -0.133. The molecule has 5 nitrogen and oxygen atoms in total. The van der Waals surface area contributed by atoms with Gasteiger partial charge in [-0.3, -0.25) is 9.59 Å². The van der Waals surface area contributed by atoms with Crippen LogP contribution in [0.5, 0.6) is 0 Å². The summed E-state index contributed by atoms with van der Waals surface area (Å²) in [6, 6.07) is 0. The lowest BCUT2D eigenvalue weighted by Crippen LogP contribution is -2.25. The molecular formula is C10H20N2O3S2. The number of hydrogen-bond acceptors (Lipinski definition) is 5. The monoisotopic (exact) mass is 280 g/mol. The van der Waals surface area contributed by atoms with Gasteiger partial charge < -0.3 is 16.2 Å². The van der Waals surface area contributed by atoms with Gasteiger partial charge in [-0.2, -0.15) is 0 Å². The maximum Gasteiger partial charge on any atom is 0.314 e. The highest BCUT2D eigenvalue weighted by atomic mass is 33.1. The Kier molecular flexibility index (Phi) is 11.8. The molecule has 0 unspecified atom stereocenters. The first-order valence-electron chi connectivity index (χ1n) is 5.59. The van der Waals surface area contributed by atoms with Gasteiger partial charge in [-0.05, 0) is 19.4 Å². The van der Waals surface area contributed by atoms with Crippen molar-refractivity contribution in [3.8, 4) is 0 Å². The van der Waals surface area contributed by atoms with Crippen LogP contribution in [0.2, 0.25) is 0 Å². The summed E-state index contributed by atoms with van der Waals surface area (Å²) in [7, 11) is 2.45. The average molecular weight is 280 g/mol.